The number of terminal acetylenes is 1. The topological polar surface area (TPSA) is 74.7 Å². The number of ether oxygens (including phenoxy) is 4. The zero-order chi connectivity index (χ0) is 29.8. The maximum Gasteiger partial charge on any atom is 0.163 e. The Balaban J connectivity index is 1.99. The van der Waals surface area contributed by atoms with Gasteiger partial charge < -0.3 is 24.3 Å². The van der Waals surface area contributed by atoms with Crippen molar-refractivity contribution in [3.8, 4) is 23.8 Å². The van der Waals surface area contributed by atoms with Crippen LogP contribution in [0.1, 0.15) is 20.6 Å². The molecule has 3 rings (SSSR count). The van der Waals surface area contributed by atoms with Crippen LogP contribution in [0.5, 0.6) is 11.5 Å². The Morgan fingerprint density at radius 1 is 1.10 bits per heavy atom. The normalized spacial score (nSPS) is 17.7. The van der Waals surface area contributed by atoms with Gasteiger partial charge in [0, 0.05) is 36.8 Å². The second-order valence-electron chi connectivity index (χ2n) is 5.44. The lowest BCUT2D eigenvalue weighted by molar-refractivity contribution is 0.132. The van der Waals surface area contributed by atoms with Gasteiger partial charge in [-0.25, -0.2) is 9.97 Å². The van der Waals surface area contributed by atoms with Crippen molar-refractivity contribution in [3.63, 3.8) is 0 Å². The maximum absolute atomic E-state index is 7.82. The van der Waals surface area contributed by atoms with Gasteiger partial charge in [0.1, 0.15) is 26.7 Å². The van der Waals surface area contributed by atoms with E-state index in [0.29, 0.717) is 16.6 Å². The molecule has 2 aromatic carbocycles. The molecule has 0 fully saturated rings. The zero-order valence-corrected chi connectivity index (χ0v) is 15.0. The number of aromatic nitrogens is 2. The molecule has 0 saturated heterocycles. The van der Waals surface area contributed by atoms with Crippen molar-refractivity contribution >= 4 is 22.4 Å². The molecule has 3 aromatic rings. The van der Waals surface area contributed by atoms with Gasteiger partial charge >= 0.3 is 0 Å². The summed E-state index contributed by atoms with van der Waals surface area (Å²) in [5, 5.41) is 3.43. The van der Waals surface area contributed by atoms with Crippen molar-refractivity contribution in [2.75, 3.05) is 45.7 Å². The molecule has 29 heavy (non-hydrogen) atoms. The summed E-state index contributed by atoms with van der Waals surface area (Å²) in [5.41, 5.74) is 1.42. The molecule has 0 aliphatic rings. The van der Waals surface area contributed by atoms with Crippen molar-refractivity contribution < 1.29 is 34.0 Å². The number of nitrogens with zero attached hydrogens (tertiary/aromatic N) is 2. The van der Waals surface area contributed by atoms with E-state index in [4.69, 9.17) is 24.6 Å². The molecule has 1 aromatic heterocycles. The van der Waals surface area contributed by atoms with Gasteiger partial charge in [-0.05, 0) is 24.3 Å². The zero-order valence-electron chi connectivity index (χ0n) is 26.0. The largest absolute Gasteiger partial charge is 0.487 e. The summed E-state index contributed by atoms with van der Waals surface area (Å²) < 4.78 is 101. The molecule has 7 nitrogen and oxygen atoms in total. The van der Waals surface area contributed by atoms with E-state index >= 15 is 0 Å². The lowest BCUT2D eigenvalue weighted by Gasteiger charge is -2.15. The average Bonchev–Trinajstić information content (AvgIpc) is 2.79. The van der Waals surface area contributed by atoms with Gasteiger partial charge in [-0.15, -0.1) is 6.40 Å². The van der Waals surface area contributed by atoms with Gasteiger partial charge in [0.05, 0.1) is 32.3 Å². The maximum atomic E-state index is 7.82. The Bertz CT molecular complexity index is 1400. The molecule has 0 bridgehead atoms. The number of fused-ring (bicyclic) bond motifs is 1. The van der Waals surface area contributed by atoms with Crippen LogP contribution in [0.15, 0.2) is 42.7 Å². The van der Waals surface area contributed by atoms with Gasteiger partial charge in [-0.2, -0.15) is 0 Å². The Labute approximate surface area is 185 Å². The third-order valence-electron chi connectivity index (χ3n) is 3.69. The molecule has 0 atom stereocenters. The van der Waals surface area contributed by atoms with Crippen LogP contribution in [0, 0.1) is 12.3 Å². The van der Waals surface area contributed by atoms with Crippen LogP contribution in [0.25, 0.3) is 10.9 Å². The molecule has 0 aliphatic carbocycles. The molecule has 7 heteroatoms. The molecule has 0 aliphatic heterocycles. The minimum atomic E-state index is -3.05. The molecule has 0 amide bonds. The lowest BCUT2D eigenvalue weighted by Crippen LogP contribution is -2.09. The molecule has 0 spiro atoms. The molecular weight excluding hydrogens is 370 g/mol. The first-order chi connectivity index (χ1) is 18.5. The van der Waals surface area contributed by atoms with Crippen molar-refractivity contribution in [3.05, 3.63) is 48.3 Å². The summed E-state index contributed by atoms with van der Waals surface area (Å²) in [7, 11) is -6.10. The highest BCUT2D eigenvalue weighted by atomic mass is 16.5. The highest BCUT2D eigenvalue weighted by molar-refractivity contribution is 5.93. The van der Waals surface area contributed by atoms with Crippen LogP contribution < -0.4 is 14.8 Å². The van der Waals surface area contributed by atoms with E-state index in [-0.39, 0.29) is 22.8 Å². The summed E-state index contributed by atoms with van der Waals surface area (Å²) in [4.78, 5) is 8.40. The first kappa shape index (κ1) is 10.4. The van der Waals surface area contributed by atoms with E-state index in [9.17, 15) is 0 Å². The average molecular weight is 405 g/mol. The first-order valence-electron chi connectivity index (χ1n) is 13.7. The molecule has 1 heterocycles. The van der Waals surface area contributed by atoms with Crippen LogP contribution >= 0.6 is 0 Å². The Kier molecular flexibility index (Phi) is 3.70. The standard InChI is InChI=1S/C22H23N3O4/c1-4-16-6-5-7-17(12-16)25-22-18-13-20(28-10-8-26-2)21(29-11-9-27-3)14-19(18)23-15-24-22/h1,5-7,12-15H,8-11H2,2-3H3,(H,23,24,25)/i1D,2D3,3D3,8D2,9D2. The molecule has 1 N–H and O–H groups in total. The number of nitrogens with one attached hydrogen (secondary N) is 1. The molecule has 0 saturated carbocycles. The van der Waals surface area contributed by atoms with Gasteiger partial charge in [0.25, 0.3) is 0 Å². The smallest absolute Gasteiger partial charge is 0.163 e. The Hall–Kier alpha value is -3.34. The third kappa shape index (κ3) is 5.35. The van der Waals surface area contributed by atoms with Crippen LogP contribution in [-0.4, -0.2) is 50.4 Å². The van der Waals surface area contributed by atoms with Gasteiger partial charge in [0.15, 0.2) is 11.5 Å². The highest BCUT2D eigenvalue weighted by Gasteiger charge is 2.13. The minimum Gasteiger partial charge on any atom is -0.487 e. The predicted molar refractivity (Wildman–Crippen MR) is 112 cm³/mol. The number of hydrogen-bond donors (Lipinski definition) is 1. The number of rotatable bonds is 10. The van der Waals surface area contributed by atoms with Crippen LogP contribution in [-0.2, 0) is 9.47 Å². The van der Waals surface area contributed by atoms with Crippen molar-refractivity contribution in [1.82, 2.24) is 9.97 Å². The predicted octanol–water partition coefficient (Wildman–Crippen LogP) is 3.41. The van der Waals surface area contributed by atoms with Crippen LogP contribution in [0.3, 0.4) is 0 Å². The van der Waals surface area contributed by atoms with E-state index in [2.05, 4.69) is 37.1 Å². The fourth-order valence-electron chi connectivity index (χ4n) is 2.47. The summed E-state index contributed by atoms with van der Waals surface area (Å²) in [6.07, 6.45) is 3.31. The quantitative estimate of drug-likeness (QED) is 0.519. The molecular formula is C22H23N3O4. The molecule has 150 valence electrons. The number of methoxy groups -OCH3 is 2. The lowest BCUT2D eigenvalue weighted by atomic mass is 10.2. The number of anilines is 2. The SMILES string of the molecule is [2H]C#Cc1cccc(Nc2ncnc3cc(OCC([2H])([2H])OC([2H])([2H])[2H])c(OCC([2H])([2H])OC([2H])([2H])[2H])cc23)c1. The summed E-state index contributed by atoms with van der Waals surface area (Å²) in [5.74, 6) is 2.54. The number of hydrogen-bond acceptors (Lipinski definition) is 7. The van der Waals surface area contributed by atoms with Gasteiger partial charge in [-0.3, -0.25) is 0 Å². The van der Waals surface area contributed by atoms with E-state index in [1.165, 1.54) is 18.5 Å². The van der Waals surface area contributed by atoms with E-state index < -0.39 is 40.4 Å². The van der Waals surface area contributed by atoms with E-state index in [1.807, 2.05) is 0 Å². The van der Waals surface area contributed by atoms with Crippen molar-refractivity contribution in [1.29, 1.82) is 0 Å². The summed E-state index contributed by atoms with van der Waals surface area (Å²) in [6.45, 7) is -7.31. The second kappa shape index (κ2) is 10.3. The van der Waals surface area contributed by atoms with Crippen LogP contribution in [0.2, 0.25) is 0 Å². The monoisotopic (exact) mass is 404 g/mol. The summed E-state index contributed by atoms with van der Waals surface area (Å²) >= 11 is 0. The first-order valence-corrected chi connectivity index (χ1v) is 8.20. The third-order valence-corrected chi connectivity index (χ3v) is 3.69. The van der Waals surface area contributed by atoms with Gasteiger partial charge in [-0.1, -0.05) is 12.0 Å². The Morgan fingerprint density at radius 2 is 1.90 bits per heavy atom. The Morgan fingerprint density at radius 3 is 2.66 bits per heavy atom. The molecule has 0 unspecified atom stereocenters. The van der Waals surface area contributed by atoms with E-state index in [0.717, 1.165) is 0 Å². The fraction of sp³-hybridized carbons (Fsp3) is 0.273. The minimum absolute atomic E-state index is 0.174. The fourth-order valence-corrected chi connectivity index (χ4v) is 2.47. The van der Waals surface area contributed by atoms with E-state index in [1.54, 1.807) is 24.3 Å². The second-order valence-corrected chi connectivity index (χ2v) is 5.44. The van der Waals surface area contributed by atoms with Crippen molar-refractivity contribution in [2.24, 2.45) is 0 Å². The highest BCUT2D eigenvalue weighted by Crippen LogP contribution is 2.35. The summed E-state index contributed by atoms with van der Waals surface area (Å²) in [6, 6.07) is 9.51. The van der Waals surface area contributed by atoms with Crippen LogP contribution in [0.4, 0.5) is 11.5 Å². The van der Waals surface area contributed by atoms with Gasteiger partial charge in [0.2, 0.25) is 0 Å². The van der Waals surface area contributed by atoms with Crippen molar-refractivity contribution in [2.45, 2.75) is 0 Å². The molecule has 0 radical (unpaired) electrons. The number of benzene rings is 2.